The summed E-state index contributed by atoms with van der Waals surface area (Å²) in [7, 11) is 0. The number of thiocarbonyl (C=S) groups is 1. The summed E-state index contributed by atoms with van der Waals surface area (Å²) in [6, 6.07) is 11.1. The van der Waals surface area contributed by atoms with E-state index in [0.717, 1.165) is 16.9 Å². The number of halogens is 1. The minimum atomic E-state index is -0.812. The van der Waals surface area contributed by atoms with Crippen LogP contribution < -0.4 is 9.64 Å². The zero-order valence-electron chi connectivity index (χ0n) is 19.7. The summed E-state index contributed by atoms with van der Waals surface area (Å²) in [5.41, 5.74) is 2.76. The summed E-state index contributed by atoms with van der Waals surface area (Å²) in [6.45, 7) is 13.8. The van der Waals surface area contributed by atoms with Gasteiger partial charge < -0.3 is 9.64 Å². The van der Waals surface area contributed by atoms with E-state index in [1.807, 2.05) is 43.0 Å². The number of amides is 1. The van der Waals surface area contributed by atoms with Crippen LogP contribution in [0.4, 0.5) is 11.4 Å². The van der Waals surface area contributed by atoms with E-state index >= 15 is 0 Å². The van der Waals surface area contributed by atoms with Crippen molar-refractivity contribution in [3.05, 3.63) is 77.1 Å². The number of benzene rings is 2. The fraction of sp³-hybridized carbons (Fsp3) is 0.269. The molecule has 9 heteroatoms. The number of carbonyl (C=O) groups is 1. The normalized spacial score (nSPS) is 14.8. The molecule has 1 fully saturated rings. The van der Waals surface area contributed by atoms with Crippen LogP contribution in [-0.4, -0.2) is 44.6 Å². The molecule has 1 saturated heterocycles. The molecule has 2 aromatic carbocycles. The lowest BCUT2D eigenvalue weighted by Gasteiger charge is -2.29. The lowest BCUT2D eigenvalue weighted by Crippen LogP contribution is -2.44. The van der Waals surface area contributed by atoms with Crippen LogP contribution in [0.25, 0.3) is 16.0 Å². The zero-order chi connectivity index (χ0) is 25.2. The Kier molecular flexibility index (Phi) is 7.01. The van der Waals surface area contributed by atoms with Crippen molar-refractivity contribution >= 4 is 46.2 Å². The van der Waals surface area contributed by atoms with E-state index in [2.05, 4.69) is 14.8 Å². The second-order valence-electron chi connectivity index (χ2n) is 8.64. The highest BCUT2D eigenvalue weighted by atomic mass is 35.5. The lowest BCUT2D eigenvalue weighted by molar-refractivity contribution is -0.123. The van der Waals surface area contributed by atoms with Gasteiger partial charge >= 0.3 is 0 Å². The van der Waals surface area contributed by atoms with Crippen molar-refractivity contribution in [2.24, 2.45) is 0 Å². The Morgan fingerprint density at radius 1 is 1.11 bits per heavy atom. The second kappa shape index (κ2) is 9.98. The van der Waals surface area contributed by atoms with Gasteiger partial charge in [0.2, 0.25) is 5.69 Å². The molecule has 3 aromatic rings. The fourth-order valence-electron chi connectivity index (χ4n) is 4.02. The maximum absolute atomic E-state index is 13.3. The first-order chi connectivity index (χ1) is 16.8. The highest BCUT2D eigenvalue weighted by Gasteiger charge is 2.49. The quantitative estimate of drug-likeness (QED) is 0.228. The molecular formula is C26H24ClN5O2S. The smallest absolute Gasteiger partial charge is 0.258 e. The van der Waals surface area contributed by atoms with Gasteiger partial charge in [-0.1, -0.05) is 29.8 Å². The number of hydrogen-bond donors (Lipinski definition) is 0. The first-order valence-electron chi connectivity index (χ1n) is 11.1. The lowest BCUT2D eigenvalue weighted by atomic mass is 10.0. The molecule has 1 amide bonds. The highest BCUT2D eigenvalue weighted by molar-refractivity contribution is 7.80. The van der Waals surface area contributed by atoms with E-state index in [1.165, 1.54) is 11.2 Å². The number of aromatic nitrogens is 2. The van der Waals surface area contributed by atoms with Gasteiger partial charge in [-0.2, -0.15) is 0 Å². The van der Waals surface area contributed by atoms with Gasteiger partial charge in [-0.25, -0.2) is 14.8 Å². The maximum Gasteiger partial charge on any atom is 0.258 e. The second-order valence-corrected chi connectivity index (χ2v) is 9.39. The van der Waals surface area contributed by atoms with Crippen LogP contribution in [0.15, 0.2) is 55.1 Å². The summed E-state index contributed by atoms with van der Waals surface area (Å²) in [5.74, 6) is 0.635. The molecule has 178 valence electrons. The Morgan fingerprint density at radius 2 is 1.80 bits per heavy atom. The average molecular weight is 506 g/mol. The number of ether oxygens (including phenoxy) is 1. The minimum Gasteiger partial charge on any atom is -0.494 e. The Morgan fingerprint density at radius 3 is 2.46 bits per heavy atom. The van der Waals surface area contributed by atoms with Crippen LogP contribution in [0.2, 0.25) is 5.02 Å². The monoisotopic (exact) mass is 505 g/mol. The molecule has 0 unspecified atom stereocenters. The van der Waals surface area contributed by atoms with E-state index in [-0.39, 0.29) is 5.91 Å². The molecule has 1 aromatic heterocycles. The van der Waals surface area contributed by atoms with Gasteiger partial charge in [0, 0.05) is 24.5 Å². The van der Waals surface area contributed by atoms with Crippen LogP contribution in [0.5, 0.6) is 5.75 Å². The van der Waals surface area contributed by atoms with E-state index in [0.29, 0.717) is 46.6 Å². The van der Waals surface area contributed by atoms with Gasteiger partial charge in [-0.15, -0.1) is 0 Å². The average Bonchev–Trinajstić information content (AvgIpc) is 3.03. The van der Waals surface area contributed by atoms with Crippen molar-refractivity contribution in [1.82, 2.24) is 14.9 Å². The molecule has 1 aliphatic rings. The van der Waals surface area contributed by atoms with Gasteiger partial charge in [0.1, 0.15) is 17.6 Å². The molecule has 7 nitrogen and oxygen atoms in total. The number of nitrogens with zero attached hydrogens (tertiary/aromatic N) is 5. The van der Waals surface area contributed by atoms with Crippen LogP contribution in [0, 0.1) is 13.5 Å². The molecule has 0 aliphatic carbocycles. The van der Waals surface area contributed by atoms with Gasteiger partial charge in [-0.05, 0) is 68.7 Å². The summed E-state index contributed by atoms with van der Waals surface area (Å²) in [6.07, 6.45) is 5.71. The van der Waals surface area contributed by atoms with Crippen LogP contribution >= 0.6 is 23.8 Å². The van der Waals surface area contributed by atoms with Gasteiger partial charge in [0.25, 0.3) is 5.91 Å². The van der Waals surface area contributed by atoms with Crippen molar-refractivity contribution in [3.63, 3.8) is 0 Å². The summed E-state index contributed by atoms with van der Waals surface area (Å²) in [5, 5.41) is 0.757. The number of hydrogen-bond acceptors (Lipinski definition) is 5. The van der Waals surface area contributed by atoms with E-state index in [4.69, 9.17) is 35.1 Å². The maximum atomic E-state index is 13.3. The third-order valence-electron chi connectivity index (χ3n) is 6.07. The van der Waals surface area contributed by atoms with Crippen LogP contribution in [-0.2, 0) is 4.79 Å². The molecule has 0 radical (unpaired) electrons. The van der Waals surface area contributed by atoms with E-state index in [9.17, 15) is 4.79 Å². The minimum absolute atomic E-state index is 0.126. The van der Waals surface area contributed by atoms with Crippen molar-refractivity contribution in [2.75, 3.05) is 18.1 Å². The third kappa shape index (κ3) is 4.70. The number of rotatable bonds is 7. The first kappa shape index (κ1) is 24.6. The largest absolute Gasteiger partial charge is 0.494 e. The first-order valence-corrected chi connectivity index (χ1v) is 11.8. The van der Waals surface area contributed by atoms with Crippen molar-refractivity contribution < 1.29 is 9.53 Å². The van der Waals surface area contributed by atoms with E-state index in [1.54, 1.807) is 31.5 Å². The SMILES string of the molecule is [C-]#[N+]c1ccc(N2C(=O)C(C)(C)N(CCCOc3ccc(-c4cncnc4)cc3)C2=S)c(C)c1Cl. The third-order valence-corrected chi connectivity index (χ3v) is 6.95. The molecule has 0 N–H and O–H groups in total. The Balaban J connectivity index is 1.40. The van der Waals surface area contributed by atoms with Gasteiger partial charge in [-0.3, -0.25) is 9.69 Å². The topological polar surface area (TPSA) is 62.9 Å². The van der Waals surface area contributed by atoms with Crippen LogP contribution in [0.1, 0.15) is 25.8 Å². The Hall–Kier alpha value is -3.54. The van der Waals surface area contributed by atoms with Crippen molar-refractivity contribution in [3.8, 4) is 16.9 Å². The Labute approximate surface area is 215 Å². The predicted molar refractivity (Wildman–Crippen MR) is 141 cm³/mol. The Bertz CT molecular complexity index is 1310. The van der Waals surface area contributed by atoms with Crippen molar-refractivity contribution in [2.45, 2.75) is 32.7 Å². The standard InChI is InChI=1S/C26H24ClN5O2S/c1-17-22(11-10-21(28-4)23(17)27)32-24(33)26(2,3)31(25(32)35)12-5-13-34-20-8-6-18(7-9-20)19-14-29-16-30-15-19/h6-11,14-16H,5,12-13H2,1-3H3. The summed E-state index contributed by atoms with van der Waals surface area (Å²) in [4.78, 5) is 28.3. The molecule has 35 heavy (non-hydrogen) atoms. The highest BCUT2D eigenvalue weighted by Crippen LogP contribution is 2.39. The molecule has 0 bridgehead atoms. The fourth-order valence-corrected chi connectivity index (χ4v) is 4.72. The molecule has 2 heterocycles. The summed E-state index contributed by atoms with van der Waals surface area (Å²) >= 11 is 12.1. The number of carbonyl (C=O) groups excluding carboxylic acids is 1. The zero-order valence-corrected chi connectivity index (χ0v) is 21.2. The molecule has 1 aliphatic heterocycles. The molecule has 0 saturated carbocycles. The molecular weight excluding hydrogens is 482 g/mol. The number of anilines is 1. The van der Waals surface area contributed by atoms with E-state index < -0.39 is 5.54 Å². The van der Waals surface area contributed by atoms with Gasteiger partial charge in [0.05, 0.1) is 23.9 Å². The van der Waals surface area contributed by atoms with Crippen molar-refractivity contribution in [1.29, 1.82) is 0 Å². The predicted octanol–water partition coefficient (Wildman–Crippen LogP) is 5.84. The molecule has 4 rings (SSSR count). The van der Waals surface area contributed by atoms with Crippen LogP contribution in [0.3, 0.4) is 0 Å². The molecule has 0 spiro atoms. The molecule has 0 atom stereocenters. The van der Waals surface area contributed by atoms with Gasteiger partial charge in [0.15, 0.2) is 5.11 Å². The summed E-state index contributed by atoms with van der Waals surface area (Å²) < 4.78 is 5.91.